The first-order chi connectivity index (χ1) is 13.2. The van der Waals surface area contributed by atoms with E-state index in [0.29, 0.717) is 16.2 Å². The molecule has 1 aromatic carbocycles. The van der Waals surface area contributed by atoms with Crippen molar-refractivity contribution in [1.82, 2.24) is 19.7 Å². The van der Waals surface area contributed by atoms with Crippen LogP contribution in [0.5, 0.6) is 0 Å². The standard InChI is InChI=1S/C20H23ClN4O2S/c1-11(2)25(12(3)4)16(26)10-24-20(27)18-19(28-13(5)22-18)17(23-24)14-6-8-15(21)9-7-14/h6-9,11-12H,10H2,1-5H3. The third-order valence-corrected chi connectivity index (χ3v) is 5.64. The van der Waals surface area contributed by atoms with E-state index in [0.717, 1.165) is 15.3 Å². The smallest absolute Gasteiger partial charge is 0.294 e. The highest BCUT2D eigenvalue weighted by molar-refractivity contribution is 7.19. The van der Waals surface area contributed by atoms with Crippen molar-refractivity contribution in [2.24, 2.45) is 0 Å². The van der Waals surface area contributed by atoms with E-state index < -0.39 is 0 Å². The highest BCUT2D eigenvalue weighted by atomic mass is 35.5. The molecule has 2 aromatic heterocycles. The molecule has 2 heterocycles. The number of nitrogens with zero attached hydrogens (tertiary/aromatic N) is 4. The van der Waals surface area contributed by atoms with E-state index in [2.05, 4.69) is 10.1 Å². The van der Waals surface area contributed by atoms with Gasteiger partial charge >= 0.3 is 0 Å². The average molecular weight is 419 g/mol. The van der Waals surface area contributed by atoms with Crippen molar-refractivity contribution in [1.29, 1.82) is 0 Å². The molecule has 148 valence electrons. The van der Waals surface area contributed by atoms with Gasteiger partial charge in [0.1, 0.15) is 12.2 Å². The number of aromatic nitrogens is 3. The summed E-state index contributed by atoms with van der Waals surface area (Å²) in [6, 6.07) is 7.32. The van der Waals surface area contributed by atoms with Crippen LogP contribution in [-0.4, -0.2) is 37.7 Å². The number of carbonyl (C=O) groups excluding carboxylic acids is 1. The minimum atomic E-state index is -0.349. The molecule has 0 unspecified atom stereocenters. The van der Waals surface area contributed by atoms with Crippen LogP contribution in [0.4, 0.5) is 0 Å². The Bertz CT molecular complexity index is 1060. The molecule has 0 aliphatic carbocycles. The number of rotatable bonds is 5. The Hall–Kier alpha value is -2.25. The molecule has 28 heavy (non-hydrogen) atoms. The minimum absolute atomic E-state index is 0.0317. The number of carbonyl (C=O) groups is 1. The summed E-state index contributed by atoms with van der Waals surface area (Å²) in [5.74, 6) is -0.145. The molecule has 0 fully saturated rings. The van der Waals surface area contributed by atoms with Crippen molar-refractivity contribution < 1.29 is 4.79 Å². The van der Waals surface area contributed by atoms with E-state index in [-0.39, 0.29) is 30.1 Å². The second kappa shape index (κ2) is 8.01. The number of halogens is 1. The number of thiazole rings is 1. The average Bonchev–Trinajstić information content (AvgIpc) is 2.99. The summed E-state index contributed by atoms with van der Waals surface area (Å²) in [6.45, 7) is 9.56. The zero-order valence-electron chi connectivity index (χ0n) is 16.6. The molecule has 1 amide bonds. The molecule has 0 bridgehead atoms. The third-order valence-electron chi connectivity index (χ3n) is 4.41. The van der Waals surface area contributed by atoms with Gasteiger partial charge in [-0.1, -0.05) is 23.7 Å². The number of benzene rings is 1. The van der Waals surface area contributed by atoms with Gasteiger partial charge in [0, 0.05) is 22.7 Å². The number of fused-ring (bicyclic) bond motifs is 1. The van der Waals surface area contributed by atoms with E-state index >= 15 is 0 Å². The van der Waals surface area contributed by atoms with Crippen LogP contribution in [0.25, 0.3) is 21.5 Å². The predicted octanol–water partition coefficient (Wildman–Crippen LogP) is 4.13. The molecule has 3 aromatic rings. The summed E-state index contributed by atoms with van der Waals surface area (Å²) in [4.78, 5) is 32.0. The van der Waals surface area contributed by atoms with Crippen molar-refractivity contribution >= 4 is 39.1 Å². The van der Waals surface area contributed by atoms with Crippen LogP contribution in [0.1, 0.15) is 32.7 Å². The molecule has 0 aliphatic rings. The summed E-state index contributed by atoms with van der Waals surface area (Å²) in [5, 5.41) is 5.93. The summed E-state index contributed by atoms with van der Waals surface area (Å²) < 4.78 is 1.95. The van der Waals surface area contributed by atoms with Gasteiger partial charge in [0.15, 0.2) is 5.52 Å². The lowest BCUT2D eigenvalue weighted by Gasteiger charge is -2.30. The summed E-state index contributed by atoms with van der Waals surface area (Å²) in [7, 11) is 0. The van der Waals surface area contributed by atoms with Crippen molar-refractivity contribution in [3.63, 3.8) is 0 Å². The first-order valence-corrected chi connectivity index (χ1v) is 10.3. The summed E-state index contributed by atoms with van der Waals surface area (Å²) >= 11 is 7.43. The fourth-order valence-electron chi connectivity index (χ4n) is 3.35. The normalized spacial score (nSPS) is 11.6. The minimum Gasteiger partial charge on any atom is -0.336 e. The molecule has 8 heteroatoms. The van der Waals surface area contributed by atoms with Gasteiger partial charge in [0.2, 0.25) is 5.91 Å². The molecule has 3 rings (SSSR count). The van der Waals surface area contributed by atoms with Gasteiger partial charge in [-0.05, 0) is 46.8 Å². The number of hydrogen-bond donors (Lipinski definition) is 0. The maximum atomic E-state index is 12.9. The lowest BCUT2D eigenvalue weighted by atomic mass is 10.1. The van der Waals surface area contributed by atoms with Gasteiger partial charge < -0.3 is 4.90 Å². The molecular weight excluding hydrogens is 396 g/mol. The molecule has 0 atom stereocenters. The maximum Gasteiger partial charge on any atom is 0.294 e. The molecule has 0 saturated carbocycles. The van der Waals surface area contributed by atoms with Crippen LogP contribution in [0, 0.1) is 6.92 Å². The molecule has 6 nitrogen and oxygen atoms in total. The van der Waals surface area contributed by atoms with Gasteiger partial charge in [-0.25, -0.2) is 9.67 Å². The molecule has 0 N–H and O–H groups in total. The topological polar surface area (TPSA) is 68.1 Å². The van der Waals surface area contributed by atoms with Gasteiger partial charge in [-0.3, -0.25) is 9.59 Å². The fourth-order valence-corrected chi connectivity index (χ4v) is 4.40. The first-order valence-electron chi connectivity index (χ1n) is 9.14. The Kier molecular flexibility index (Phi) is 5.86. The Balaban J connectivity index is 2.13. The van der Waals surface area contributed by atoms with Gasteiger partial charge in [-0.15, -0.1) is 11.3 Å². The van der Waals surface area contributed by atoms with Crippen molar-refractivity contribution in [3.8, 4) is 11.3 Å². The SMILES string of the molecule is Cc1nc2c(=O)n(CC(=O)N(C(C)C)C(C)C)nc(-c3ccc(Cl)cc3)c2s1. The Morgan fingerprint density at radius 3 is 2.36 bits per heavy atom. The summed E-state index contributed by atoms with van der Waals surface area (Å²) in [5.41, 5.74) is 1.45. The highest BCUT2D eigenvalue weighted by Gasteiger charge is 2.23. The molecule has 0 saturated heterocycles. The number of amides is 1. The highest BCUT2D eigenvalue weighted by Crippen LogP contribution is 2.30. The zero-order chi connectivity index (χ0) is 20.6. The first kappa shape index (κ1) is 20.5. The largest absolute Gasteiger partial charge is 0.336 e. The van der Waals surface area contributed by atoms with Crippen LogP contribution < -0.4 is 5.56 Å². The lowest BCUT2D eigenvalue weighted by Crippen LogP contribution is -2.45. The Morgan fingerprint density at radius 2 is 1.79 bits per heavy atom. The second-order valence-corrected chi connectivity index (χ2v) is 8.86. The van der Waals surface area contributed by atoms with E-state index in [1.165, 1.54) is 16.0 Å². The maximum absolute atomic E-state index is 12.9. The van der Waals surface area contributed by atoms with Crippen molar-refractivity contribution in [3.05, 3.63) is 44.6 Å². The van der Waals surface area contributed by atoms with E-state index in [9.17, 15) is 9.59 Å². The Morgan fingerprint density at radius 1 is 1.18 bits per heavy atom. The van der Waals surface area contributed by atoms with Crippen LogP contribution in [-0.2, 0) is 11.3 Å². The molecule has 0 spiro atoms. The monoisotopic (exact) mass is 418 g/mol. The second-order valence-electron chi connectivity index (χ2n) is 7.22. The van der Waals surface area contributed by atoms with Crippen LogP contribution >= 0.6 is 22.9 Å². The van der Waals surface area contributed by atoms with Gasteiger partial charge in [-0.2, -0.15) is 5.10 Å². The Labute approximate surface area is 172 Å². The quantitative estimate of drug-likeness (QED) is 0.624. The molecule has 0 aliphatic heterocycles. The van der Waals surface area contributed by atoms with E-state index in [1.54, 1.807) is 17.0 Å². The van der Waals surface area contributed by atoms with Gasteiger partial charge in [0.25, 0.3) is 5.56 Å². The third kappa shape index (κ3) is 3.95. The molecular formula is C20H23ClN4O2S. The molecule has 0 radical (unpaired) electrons. The fraction of sp³-hybridized carbons (Fsp3) is 0.400. The van der Waals surface area contributed by atoms with Gasteiger partial charge in [0.05, 0.1) is 9.71 Å². The lowest BCUT2D eigenvalue weighted by molar-refractivity contribution is -0.135. The van der Waals surface area contributed by atoms with Crippen molar-refractivity contribution in [2.75, 3.05) is 0 Å². The number of aryl methyl sites for hydroxylation is 1. The van der Waals surface area contributed by atoms with Crippen molar-refractivity contribution in [2.45, 2.75) is 53.2 Å². The van der Waals surface area contributed by atoms with Crippen LogP contribution in [0.2, 0.25) is 5.02 Å². The van der Waals surface area contributed by atoms with Crippen LogP contribution in [0.3, 0.4) is 0 Å². The number of hydrogen-bond acceptors (Lipinski definition) is 5. The zero-order valence-corrected chi connectivity index (χ0v) is 18.1. The van der Waals surface area contributed by atoms with Crippen LogP contribution in [0.15, 0.2) is 29.1 Å². The predicted molar refractivity (Wildman–Crippen MR) is 114 cm³/mol. The van der Waals surface area contributed by atoms with E-state index in [1.807, 2.05) is 46.8 Å². The van der Waals surface area contributed by atoms with E-state index in [4.69, 9.17) is 11.6 Å². The summed E-state index contributed by atoms with van der Waals surface area (Å²) in [6.07, 6.45) is 0.